The molecule has 0 spiro atoms. The number of likely N-dealkylation sites (N-methyl/N-ethyl adjacent to an activating group) is 1. The first-order chi connectivity index (χ1) is 15.1. The van der Waals surface area contributed by atoms with Crippen molar-refractivity contribution in [1.29, 1.82) is 0 Å². The van der Waals surface area contributed by atoms with Crippen LogP contribution < -0.4 is 10.6 Å². The first kappa shape index (κ1) is 23.0. The number of carbonyl (C=O) groups is 2. The smallest absolute Gasteiger partial charge is 0.266 e. The summed E-state index contributed by atoms with van der Waals surface area (Å²) >= 11 is 1.53. The van der Waals surface area contributed by atoms with Crippen LogP contribution in [0.4, 0.5) is 5.69 Å². The van der Waals surface area contributed by atoms with Gasteiger partial charge in [-0.1, -0.05) is 45.4 Å². The van der Waals surface area contributed by atoms with Crippen LogP contribution in [0.2, 0.25) is 0 Å². The summed E-state index contributed by atoms with van der Waals surface area (Å²) in [6, 6.07) is 15.2. The summed E-state index contributed by atoms with van der Waals surface area (Å²) < 4.78 is 1.13. The van der Waals surface area contributed by atoms with Gasteiger partial charge in [-0.3, -0.25) is 9.59 Å². The topological polar surface area (TPSA) is 61.4 Å². The number of thiophene rings is 1. The second-order valence-electron chi connectivity index (χ2n) is 7.47. The summed E-state index contributed by atoms with van der Waals surface area (Å²) in [5.74, 6) is -0.194. The molecule has 1 aromatic heterocycles. The Hall–Kier alpha value is -2.70. The van der Waals surface area contributed by atoms with Gasteiger partial charge in [0.15, 0.2) is 0 Å². The minimum Gasteiger partial charge on any atom is -0.351 e. The normalized spacial score (nSPS) is 11.1. The molecular weight excluding hydrogens is 406 g/mol. The molecule has 2 aromatic carbocycles. The Balaban J connectivity index is 1.65. The summed E-state index contributed by atoms with van der Waals surface area (Å²) in [7, 11) is 0. The van der Waals surface area contributed by atoms with Crippen molar-refractivity contribution < 1.29 is 9.59 Å². The Labute approximate surface area is 188 Å². The van der Waals surface area contributed by atoms with E-state index in [9.17, 15) is 9.59 Å². The predicted molar refractivity (Wildman–Crippen MR) is 130 cm³/mol. The zero-order chi connectivity index (χ0) is 22.2. The molecule has 1 heterocycles. The highest BCUT2D eigenvalue weighted by atomic mass is 32.1. The van der Waals surface area contributed by atoms with E-state index in [1.54, 1.807) is 24.3 Å². The lowest BCUT2D eigenvalue weighted by molar-refractivity contribution is 0.0948. The minimum absolute atomic E-state index is 0.0962. The molecule has 5 nitrogen and oxygen atoms in total. The fourth-order valence-corrected chi connectivity index (χ4v) is 4.79. The highest BCUT2D eigenvalue weighted by Crippen LogP contribution is 2.32. The first-order valence-electron chi connectivity index (χ1n) is 11.0. The Morgan fingerprint density at radius 1 is 0.935 bits per heavy atom. The molecule has 0 saturated heterocycles. The van der Waals surface area contributed by atoms with Gasteiger partial charge < -0.3 is 15.5 Å². The Bertz CT molecular complexity index is 1020. The maximum absolute atomic E-state index is 13.0. The Morgan fingerprint density at radius 2 is 1.65 bits per heavy atom. The van der Waals surface area contributed by atoms with E-state index in [-0.39, 0.29) is 11.8 Å². The second-order valence-corrected chi connectivity index (χ2v) is 8.52. The van der Waals surface area contributed by atoms with E-state index in [0.29, 0.717) is 17.8 Å². The van der Waals surface area contributed by atoms with Crippen LogP contribution in [-0.4, -0.2) is 42.9 Å². The van der Waals surface area contributed by atoms with Crippen molar-refractivity contribution >= 4 is 38.9 Å². The van der Waals surface area contributed by atoms with E-state index in [2.05, 4.69) is 48.4 Å². The van der Waals surface area contributed by atoms with Crippen molar-refractivity contribution in [2.45, 2.75) is 33.6 Å². The van der Waals surface area contributed by atoms with Gasteiger partial charge in [0.25, 0.3) is 11.8 Å². The molecule has 0 unspecified atom stereocenters. The van der Waals surface area contributed by atoms with E-state index in [1.165, 1.54) is 11.3 Å². The molecule has 0 radical (unpaired) electrons. The van der Waals surface area contributed by atoms with E-state index >= 15 is 0 Å². The molecule has 0 bridgehead atoms. The van der Waals surface area contributed by atoms with Gasteiger partial charge in [-0.05, 0) is 60.8 Å². The number of amides is 2. The number of hydrogen-bond acceptors (Lipinski definition) is 4. The number of hydrogen-bond donors (Lipinski definition) is 2. The minimum atomic E-state index is -0.0974. The zero-order valence-corrected chi connectivity index (χ0v) is 19.3. The molecule has 164 valence electrons. The molecular formula is C25H31N3O2S. The van der Waals surface area contributed by atoms with E-state index in [4.69, 9.17) is 0 Å². The Morgan fingerprint density at radius 3 is 2.32 bits per heavy atom. The molecule has 0 atom stereocenters. The number of benzene rings is 2. The van der Waals surface area contributed by atoms with Gasteiger partial charge >= 0.3 is 0 Å². The van der Waals surface area contributed by atoms with Crippen LogP contribution in [-0.2, 0) is 6.42 Å². The number of carbonyl (C=O) groups excluding carboxylic acids is 2. The van der Waals surface area contributed by atoms with Crippen LogP contribution >= 0.6 is 11.3 Å². The van der Waals surface area contributed by atoms with Crippen molar-refractivity contribution in [3.05, 3.63) is 64.5 Å². The molecule has 2 N–H and O–H groups in total. The molecule has 0 aliphatic rings. The predicted octanol–water partition coefficient (Wildman–Crippen LogP) is 5.18. The molecule has 3 aromatic rings. The van der Waals surface area contributed by atoms with E-state index < -0.39 is 0 Å². The van der Waals surface area contributed by atoms with Crippen LogP contribution in [0.1, 0.15) is 52.8 Å². The third-order valence-electron chi connectivity index (χ3n) is 5.42. The number of nitrogens with one attached hydrogen (secondary N) is 2. The second kappa shape index (κ2) is 11.1. The lowest BCUT2D eigenvalue weighted by Gasteiger charge is -2.18. The quantitative estimate of drug-likeness (QED) is 0.460. The van der Waals surface area contributed by atoms with Crippen LogP contribution in [0.15, 0.2) is 48.5 Å². The van der Waals surface area contributed by atoms with Crippen LogP contribution in [0, 0.1) is 0 Å². The number of nitrogens with zero attached hydrogens (tertiary/aromatic N) is 1. The highest BCUT2D eigenvalue weighted by molar-refractivity contribution is 7.21. The molecule has 6 heteroatoms. The summed E-state index contributed by atoms with van der Waals surface area (Å²) in [5, 5.41) is 7.11. The summed E-state index contributed by atoms with van der Waals surface area (Å²) in [6.45, 7) is 9.75. The SMILES string of the molecule is CCCc1c(C(=O)Nc2ccc(C(=O)NCCN(CC)CC)cc2)sc2ccccc12. The number of fused-ring (bicyclic) bond motifs is 1. The van der Waals surface area contributed by atoms with Gasteiger partial charge in [-0.15, -0.1) is 11.3 Å². The van der Waals surface area contributed by atoms with Crippen molar-refractivity contribution in [1.82, 2.24) is 10.2 Å². The van der Waals surface area contributed by atoms with Gasteiger partial charge in [0.05, 0.1) is 4.88 Å². The molecule has 0 fully saturated rings. The molecule has 0 aliphatic heterocycles. The maximum atomic E-state index is 13.0. The van der Waals surface area contributed by atoms with Crippen LogP contribution in [0.3, 0.4) is 0 Å². The van der Waals surface area contributed by atoms with E-state index in [0.717, 1.165) is 53.0 Å². The monoisotopic (exact) mass is 437 g/mol. The van der Waals surface area contributed by atoms with Crippen LogP contribution in [0.25, 0.3) is 10.1 Å². The van der Waals surface area contributed by atoms with Crippen molar-refractivity contribution in [2.75, 3.05) is 31.5 Å². The average Bonchev–Trinajstić information content (AvgIpc) is 3.16. The largest absolute Gasteiger partial charge is 0.351 e. The third kappa shape index (κ3) is 5.71. The molecule has 0 aliphatic carbocycles. The Kier molecular flexibility index (Phi) is 8.20. The number of aryl methyl sites for hydroxylation is 1. The van der Waals surface area contributed by atoms with Crippen molar-refractivity contribution in [3.8, 4) is 0 Å². The van der Waals surface area contributed by atoms with Gasteiger partial charge in [0.2, 0.25) is 0 Å². The summed E-state index contributed by atoms with van der Waals surface area (Å²) in [4.78, 5) is 28.4. The van der Waals surface area contributed by atoms with Crippen molar-refractivity contribution in [3.63, 3.8) is 0 Å². The van der Waals surface area contributed by atoms with Gasteiger partial charge in [0.1, 0.15) is 0 Å². The number of anilines is 1. The first-order valence-corrected chi connectivity index (χ1v) is 11.8. The number of rotatable bonds is 10. The summed E-state index contributed by atoms with van der Waals surface area (Å²) in [6.07, 6.45) is 1.86. The lowest BCUT2D eigenvalue weighted by atomic mass is 10.1. The standard InChI is InChI=1S/C25H31N3O2S/c1-4-9-21-20-10-7-8-11-22(20)31-23(21)25(30)27-19-14-12-18(13-15-19)24(29)26-16-17-28(5-2)6-3/h7-8,10-15H,4-6,9,16-17H2,1-3H3,(H,26,29)(H,27,30). The molecule has 0 saturated carbocycles. The van der Waals surface area contributed by atoms with Gasteiger partial charge in [0, 0.05) is 29.0 Å². The van der Waals surface area contributed by atoms with Gasteiger partial charge in [-0.2, -0.15) is 0 Å². The van der Waals surface area contributed by atoms with Gasteiger partial charge in [-0.25, -0.2) is 0 Å². The summed E-state index contributed by atoms with van der Waals surface area (Å²) in [5.41, 5.74) is 2.39. The van der Waals surface area contributed by atoms with Crippen LogP contribution in [0.5, 0.6) is 0 Å². The highest BCUT2D eigenvalue weighted by Gasteiger charge is 2.18. The van der Waals surface area contributed by atoms with E-state index in [1.807, 2.05) is 12.1 Å². The van der Waals surface area contributed by atoms with Crippen molar-refractivity contribution in [2.24, 2.45) is 0 Å². The molecule has 2 amide bonds. The zero-order valence-electron chi connectivity index (χ0n) is 18.5. The average molecular weight is 438 g/mol. The fourth-order valence-electron chi connectivity index (χ4n) is 3.64. The molecule has 31 heavy (non-hydrogen) atoms. The lowest BCUT2D eigenvalue weighted by Crippen LogP contribution is -2.34. The molecule has 3 rings (SSSR count). The maximum Gasteiger partial charge on any atom is 0.266 e. The fraction of sp³-hybridized carbons (Fsp3) is 0.360. The third-order valence-corrected chi connectivity index (χ3v) is 6.63.